The van der Waals surface area contributed by atoms with Gasteiger partial charge in [-0.3, -0.25) is 4.90 Å². The molecule has 3 N–H and O–H groups in total. The molecule has 0 atom stereocenters. The van der Waals surface area contributed by atoms with E-state index in [2.05, 4.69) is 46.2 Å². The van der Waals surface area contributed by atoms with Gasteiger partial charge >= 0.3 is 6.03 Å². The van der Waals surface area contributed by atoms with E-state index in [1.54, 1.807) is 0 Å². The minimum atomic E-state index is -3.22. The summed E-state index contributed by atoms with van der Waals surface area (Å²) in [4.78, 5) is 14.0. The first-order valence-corrected chi connectivity index (χ1v) is 9.99. The second-order valence-electron chi connectivity index (χ2n) is 5.55. The van der Waals surface area contributed by atoms with Crippen LogP contribution in [0.1, 0.15) is 25.0 Å². The highest BCUT2D eigenvalue weighted by Gasteiger charge is 2.04. The van der Waals surface area contributed by atoms with Gasteiger partial charge in [-0.1, -0.05) is 38.1 Å². The molecule has 0 spiro atoms. The Morgan fingerprint density at radius 2 is 1.58 bits per heavy atom. The topological polar surface area (TPSA) is 90.5 Å². The molecule has 0 radical (unpaired) electrons. The Morgan fingerprint density at radius 1 is 1.00 bits per heavy atom. The molecule has 1 aromatic carbocycles. The van der Waals surface area contributed by atoms with Gasteiger partial charge in [-0.05, 0) is 24.2 Å². The molecule has 0 unspecified atom stereocenters. The fourth-order valence-corrected chi connectivity index (χ4v) is 2.60. The van der Waals surface area contributed by atoms with Crippen molar-refractivity contribution < 1.29 is 13.2 Å². The molecule has 136 valence electrons. The van der Waals surface area contributed by atoms with Crippen LogP contribution in [0.25, 0.3) is 0 Å². The van der Waals surface area contributed by atoms with E-state index in [1.165, 1.54) is 5.56 Å². The summed E-state index contributed by atoms with van der Waals surface area (Å²) in [5.41, 5.74) is 2.27. The van der Waals surface area contributed by atoms with Gasteiger partial charge in [0.1, 0.15) is 0 Å². The van der Waals surface area contributed by atoms with Crippen LogP contribution in [0.2, 0.25) is 0 Å². The standard InChI is InChI=1S/C16H28N4O3S/c1-4-20(5-2)13-15-8-6-14(7-9-15)12-18-16(21)17-10-11-19-24(3,22)23/h6-9,19H,4-5,10-13H2,1-3H3,(H2,17,18,21). The van der Waals surface area contributed by atoms with Crippen molar-refractivity contribution in [2.45, 2.75) is 26.9 Å². The van der Waals surface area contributed by atoms with Crippen LogP contribution in [0.3, 0.4) is 0 Å². The van der Waals surface area contributed by atoms with Crippen LogP contribution in [0.4, 0.5) is 4.79 Å². The lowest BCUT2D eigenvalue weighted by atomic mass is 10.1. The summed E-state index contributed by atoms with van der Waals surface area (Å²) in [6, 6.07) is 7.83. The molecular weight excluding hydrogens is 328 g/mol. The Morgan fingerprint density at radius 3 is 2.12 bits per heavy atom. The van der Waals surface area contributed by atoms with Gasteiger partial charge in [0.25, 0.3) is 0 Å². The largest absolute Gasteiger partial charge is 0.337 e. The Bertz CT molecular complexity index is 598. The molecule has 0 saturated heterocycles. The average Bonchev–Trinajstić information content (AvgIpc) is 2.55. The minimum Gasteiger partial charge on any atom is -0.337 e. The van der Waals surface area contributed by atoms with Gasteiger partial charge in [-0.25, -0.2) is 17.9 Å². The number of nitrogens with zero attached hydrogens (tertiary/aromatic N) is 1. The first kappa shape index (κ1) is 20.4. The van der Waals surface area contributed by atoms with Crippen LogP contribution < -0.4 is 15.4 Å². The Labute approximate surface area is 144 Å². The third kappa shape index (κ3) is 8.85. The van der Waals surface area contributed by atoms with Gasteiger partial charge in [0.05, 0.1) is 6.26 Å². The van der Waals surface area contributed by atoms with Gasteiger partial charge in [0.2, 0.25) is 10.0 Å². The zero-order valence-electron chi connectivity index (χ0n) is 14.6. The maximum Gasteiger partial charge on any atom is 0.315 e. The molecule has 2 amide bonds. The summed E-state index contributed by atoms with van der Waals surface area (Å²) < 4.78 is 24.1. The van der Waals surface area contributed by atoms with Crippen LogP contribution in [0, 0.1) is 0 Å². The molecule has 0 aromatic heterocycles. The molecule has 8 heteroatoms. The smallest absolute Gasteiger partial charge is 0.315 e. The number of nitrogens with one attached hydrogen (secondary N) is 3. The zero-order chi connectivity index (χ0) is 18.0. The fraction of sp³-hybridized carbons (Fsp3) is 0.562. The monoisotopic (exact) mass is 356 g/mol. The maximum absolute atomic E-state index is 11.6. The first-order chi connectivity index (χ1) is 11.3. The highest BCUT2D eigenvalue weighted by molar-refractivity contribution is 7.88. The quantitative estimate of drug-likeness (QED) is 0.543. The van der Waals surface area contributed by atoms with E-state index in [9.17, 15) is 13.2 Å². The zero-order valence-corrected chi connectivity index (χ0v) is 15.4. The fourth-order valence-electron chi connectivity index (χ4n) is 2.13. The van der Waals surface area contributed by atoms with E-state index in [0.29, 0.717) is 6.54 Å². The molecule has 0 saturated carbocycles. The van der Waals surface area contributed by atoms with Crippen LogP contribution in [-0.4, -0.2) is 51.8 Å². The van der Waals surface area contributed by atoms with Gasteiger partial charge in [-0.15, -0.1) is 0 Å². The lowest BCUT2D eigenvalue weighted by molar-refractivity contribution is 0.240. The number of benzene rings is 1. The molecule has 1 rings (SSSR count). The van der Waals surface area contributed by atoms with Gasteiger partial charge in [0.15, 0.2) is 0 Å². The summed E-state index contributed by atoms with van der Waals surface area (Å²) in [6.45, 7) is 8.10. The van der Waals surface area contributed by atoms with Crippen molar-refractivity contribution in [3.05, 3.63) is 35.4 Å². The Hall–Kier alpha value is -1.64. The summed E-state index contributed by atoms with van der Waals surface area (Å²) in [6.07, 6.45) is 1.08. The van der Waals surface area contributed by atoms with Crippen molar-refractivity contribution in [2.24, 2.45) is 0 Å². The second kappa shape index (κ2) is 10.3. The van der Waals surface area contributed by atoms with Crippen molar-refractivity contribution in [3.8, 4) is 0 Å². The van der Waals surface area contributed by atoms with Crippen molar-refractivity contribution in [2.75, 3.05) is 32.4 Å². The molecular formula is C16H28N4O3S. The van der Waals surface area contributed by atoms with Gasteiger partial charge < -0.3 is 10.6 Å². The SMILES string of the molecule is CCN(CC)Cc1ccc(CNC(=O)NCCNS(C)(=O)=O)cc1. The van der Waals surface area contributed by atoms with Crippen molar-refractivity contribution in [1.82, 2.24) is 20.3 Å². The molecule has 0 bridgehead atoms. The summed E-state index contributed by atoms with van der Waals surface area (Å²) in [7, 11) is -3.22. The van der Waals surface area contributed by atoms with Crippen LogP contribution >= 0.6 is 0 Å². The molecule has 0 fully saturated rings. The Kier molecular flexibility index (Phi) is 8.73. The van der Waals surface area contributed by atoms with Crippen molar-refractivity contribution in [1.29, 1.82) is 0 Å². The number of hydrogen-bond acceptors (Lipinski definition) is 4. The van der Waals surface area contributed by atoms with E-state index >= 15 is 0 Å². The number of carbonyl (C=O) groups excluding carboxylic acids is 1. The average molecular weight is 356 g/mol. The van der Waals surface area contributed by atoms with Gasteiger partial charge in [0, 0.05) is 26.2 Å². The molecule has 0 aliphatic heterocycles. The van der Waals surface area contributed by atoms with Crippen LogP contribution in [0.15, 0.2) is 24.3 Å². The third-order valence-electron chi connectivity index (χ3n) is 3.55. The lowest BCUT2D eigenvalue weighted by Gasteiger charge is -2.18. The molecule has 24 heavy (non-hydrogen) atoms. The molecule has 0 aliphatic carbocycles. The summed E-state index contributed by atoms with van der Waals surface area (Å²) in [5.74, 6) is 0. The number of sulfonamides is 1. The molecule has 7 nitrogen and oxygen atoms in total. The third-order valence-corrected chi connectivity index (χ3v) is 4.28. The predicted molar refractivity (Wildman–Crippen MR) is 96.2 cm³/mol. The molecule has 0 heterocycles. The highest BCUT2D eigenvalue weighted by atomic mass is 32.2. The van der Waals surface area contributed by atoms with E-state index in [4.69, 9.17) is 0 Å². The first-order valence-electron chi connectivity index (χ1n) is 8.10. The van der Waals surface area contributed by atoms with E-state index in [-0.39, 0.29) is 19.1 Å². The minimum absolute atomic E-state index is 0.173. The van der Waals surface area contributed by atoms with E-state index < -0.39 is 10.0 Å². The van der Waals surface area contributed by atoms with E-state index in [1.807, 2.05) is 12.1 Å². The van der Waals surface area contributed by atoms with Crippen molar-refractivity contribution >= 4 is 16.1 Å². The number of carbonyl (C=O) groups is 1. The number of amides is 2. The normalized spacial score (nSPS) is 11.5. The number of hydrogen-bond donors (Lipinski definition) is 3. The lowest BCUT2D eigenvalue weighted by Crippen LogP contribution is -2.39. The summed E-state index contributed by atoms with van der Waals surface area (Å²) >= 11 is 0. The maximum atomic E-state index is 11.6. The second-order valence-corrected chi connectivity index (χ2v) is 7.39. The highest BCUT2D eigenvalue weighted by Crippen LogP contribution is 2.07. The number of urea groups is 1. The van der Waals surface area contributed by atoms with Gasteiger partial charge in [-0.2, -0.15) is 0 Å². The summed E-state index contributed by atoms with van der Waals surface area (Å²) in [5, 5.41) is 5.34. The molecule has 0 aliphatic rings. The van der Waals surface area contributed by atoms with Crippen LogP contribution in [0.5, 0.6) is 0 Å². The predicted octanol–water partition coefficient (Wildman–Crippen LogP) is 0.877. The Balaban J connectivity index is 2.30. The van der Waals surface area contributed by atoms with E-state index in [0.717, 1.165) is 31.5 Å². The molecule has 1 aromatic rings. The number of rotatable bonds is 10. The van der Waals surface area contributed by atoms with Crippen LogP contribution in [-0.2, 0) is 23.1 Å². The van der Waals surface area contributed by atoms with Crippen molar-refractivity contribution in [3.63, 3.8) is 0 Å².